The molecule has 0 aliphatic carbocycles. The molecule has 0 amide bonds. The van der Waals surface area contributed by atoms with E-state index in [0.717, 1.165) is 27.3 Å². The minimum atomic E-state index is 0.0858. The lowest BCUT2D eigenvalue weighted by atomic mass is 10.0. The third-order valence-corrected chi connectivity index (χ3v) is 4.26. The van der Waals surface area contributed by atoms with Crippen LogP contribution in [0.4, 0.5) is 5.69 Å². The van der Waals surface area contributed by atoms with Gasteiger partial charge in [-0.1, -0.05) is 88.9 Å². The van der Waals surface area contributed by atoms with Crippen molar-refractivity contribution < 1.29 is 4.79 Å². The topological polar surface area (TPSA) is 29.1 Å². The van der Waals surface area contributed by atoms with Crippen molar-refractivity contribution in [3.8, 4) is 11.1 Å². The number of benzene rings is 2. The van der Waals surface area contributed by atoms with E-state index >= 15 is 0 Å². The van der Waals surface area contributed by atoms with E-state index < -0.39 is 0 Å². The highest BCUT2D eigenvalue weighted by Gasteiger charge is 2.02. The van der Waals surface area contributed by atoms with Crippen molar-refractivity contribution in [3.63, 3.8) is 0 Å². The molecule has 0 saturated heterocycles. The molecule has 0 aromatic heterocycles. The number of ketones is 1. The van der Waals surface area contributed by atoms with Gasteiger partial charge in [-0.05, 0) is 55.1 Å². The first-order valence-corrected chi connectivity index (χ1v) is 10.6. The average molecular weight is 396 g/mol. The highest BCUT2D eigenvalue weighted by Crippen LogP contribution is 2.25. The van der Waals surface area contributed by atoms with Crippen LogP contribution >= 0.6 is 11.9 Å². The van der Waals surface area contributed by atoms with Crippen LogP contribution in [0.2, 0.25) is 0 Å². The summed E-state index contributed by atoms with van der Waals surface area (Å²) in [5.74, 6) is 0.0858. The lowest BCUT2D eigenvalue weighted by Crippen LogP contribution is -1.91. The zero-order chi connectivity index (χ0) is 21.4. The van der Waals surface area contributed by atoms with E-state index in [1.54, 1.807) is 24.9 Å². The molecule has 28 heavy (non-hydrogen) atoms. The Labute approximate surface area is 175 Å². The molecule has 0 saturated carbocycles. The molecule has 2 rings (SSSR count). The van der Waals surface area contributed by atoms with Crippen molar-refractivity contribution in [1.29, 1.82) is 0 Å². The second-order valence-electron chi connectivity index (χ2n) is 5.22. The van der Waals surface area contributed by atoms with Crippen LogP contribution in [0.15, 0.2) is 84.3 Å². The molecule has 3 heteroatoms. The van der Waals surface area contributed by atoms with Crippen molar-refractivity contribution in [2.45, 2.75) is 41.5 Å². The van der Waals surface area contributed by atoms with E-state index in [4.69, 9.17) is 0 Å². The molecule has 0 radical (unpaired) electrons. The number of carbonyl (C=O) groups excluding carboxylic acids is 1. The molecule has 0 aliphatic heterocycles. The summed E-state index contributed by atoms with van der Waals surface area (Å²) in [6.07, 6.45) is 7.77. The smallest absolute Gasteiger partial charge is 0.159 e. The Morgan fingerprint density at radius 1 is 0.929 bits per heavy atom. The summed E-state index contributed by atoms with van der Waals surface area (Å²) >= 11 is 1.55. The SMILES string of the molecule is C=C/C=C(\C=C/C)SNc1ccc(-c2ccc(C(C)=O)cc2)cc1.CC.CC. The molecule has 0 aliphatic rings. The number of nitrogens with one attached hydrogen (secondary N) is 1. The molecule has 2 aromatic carbocycles. The first-order valence-electron chi connectivity index (χ1n) is 9.73. The number of rotatable bonds is 7. The van der Waals surface area contributed by atoms with Gasteiger partial charge in [-0.2, -0.15) is 0 Å². The molecule has 0 atom stereocenters. The van der Waals surface area contributed by atoms with Gasteiger partial charge in [-0.15, -0.1) is 0 Å². The van der Waals surface area contributed by atoms with Crippen LogP contribution in [0, 0.1) is 0 Å². The van der Waals surface area contributed by atoms with E-state index in [2.05, 4.69) is 23.4 Å². The summed E-state index contributed by atoms with van der Waals surface area (Å²) in [4.78, 5) is 12.4. The summed E-state index contributed by atoms with van der Waals surface area (Å²) < 4.78 is 3.32. The first-order chi connectivity index (χ1) is 13.6. The van der Waals surface area contributed by atoms with E-state index in [-0.39, 0.29) is 5.78 Å². The van der Waals surface area contributed by atoms with Crippen LogP contribution in [0.3, 0.4) is 0 Å². The molecular weight excluding hydrogens is 362 g/mol. The lowest BCUT2D eigenvalue weighted by molar-refractivity contribution is 0.101. The summed E-state index contributed by atoms with van der Waals surface area (Å²) in [7, 11) is 0. The van der Waals surface area contributed by atoms with Gasteiger partial charge < -0.3 is 4.72 Å². The fraction of sp³-hybridized carbons (Fsp3) is 0.240. The minimum Gasteiger partial charge on any atom is -0.326 e. The third-order valence-electron chi connectivity index (χ3n) is 3.41. The highest BCUT2D eigenvalue weighted by molar-refractivity contribution is 8.04. The van der Waals surface area contributed by atoms with Crippen LogP contribution < -0.4 is 4.72 Å². The average Bonchev–Trinajstić information content (AvgIpc) is 2.76. The highest BCUT2D eigenvalue weighted by atomic mass is 32.2. The first kappa shape index (κ1) is 25.5. The molecule has 0 bridgehead atoms. The minimum absolute atomic E-state index is 0.0858. The van der Waals surface area contributed by atoms with Gasteiger partial charge in [0.2, 0.25) is 0 Å². The third kappa shape index (κ3) is 8.92. The van der Waals surface area contributed by atoms with Crippen molar-refractivity contribution >= 4 is 23.4 Å². The predicted octanol–water partition coefficient (Wildman–Crippen LogP) is 8.31. The van der Waals surface area contributed by atoms with E-state index in [9.17, 15) is 4.79 Å². The largest absolute Gasteiger partial charge is 0.326 e. The van der Waals surface area contributed by atoms with Crippen LogP contribution in [0.1, 0.15) is 51.9 Å². The van der Waals surface area contributed by atoms with E-state index in [1.807, 2.05) is 89.2 Å². The number of hydrogen-bond acceptors (Lipinski definition) is 3. The van der Waals surface area contributed by atoms with E-state index in [0.29, 0.717) is 0 Å². The van der Waals surface area contributed by atoms with Gasteiger partial charge in [0.15, 0.2) is 5.78 Å². The lowest BCUT2D eigenvalue weighted by Gasteiger charge is -2.08. The Balaban J connectivity index is 0.00000171. The van der Waals surface area contributed by atoms with E-state index in [1.165, 1.54) is 0 Å². The Hall–Kier alpha value is -2.52. The normalized spacial score (nSPS) is 10.3. The Bertz CT molecular complexity index is 756. The van der Waals surface area contributed by atoms with Crippen molar-refractivity contribution in [3.05, 3.63) is 89.9 Å². The molecule has 0 heterocycles. The molecule has 0 fully saturated rings. The van der Waals surface area contributed by atoms with Crippen molar-refractivity contribution in [2.75, 3.05) is 4.72 Å². The van der Waals surface area contributed by atoms with Gasteiger partial charge in [-0.25, -0.2) is 0 Å². The summed E-state index contributed by atoms with van der Waals surface area (Å²) in [6, 6.07) is 15.9. The fourth-order valence-electron chi connectivity index (χ4n) is 2.15. The standard InChI is InChI=1S/C21H21NOS.2C2H6/c1-4-6-21(7-5-2)24-22-20-14-12-19(13-15-20)18-10-8-17(9-11-18)16(3)23;2*1-2/h4-15,22H,1H2,2-3H3;2*1-2H3/b7-5-,21-6+;;. The maximum atomic E-state index is 11.3. The zero-order valence-corrected chi connectivity index (χ0v) is 18.8. The Morgan fingerprint density at radius 3 is 1.86 bits per heavy atom. The maximum absolute atomic E-state index is 11.3. The molecular formula is C25H33NOS. The maximum Gasteiger partial charge on any atom is 0.159 e. The molecule has 0 spiro atoms. The second-order valence-corrected chi connectivity index (χ2v) is 6.10. The van der Waals surface area contributed by atoms with Gasteiger partial charge in [0.25, 0.3) is 0 Å². The number of allylic oxidation sites excluding steroid dienone is 4. The van der Waals surface area contributed by atoms with Gasteiger partial charge >= 0.3 is 0 Å². The van der Waals surface area contributed by atoms with Crippen molar-refractivity contribution in [2.24, 2.45) is 0 Å². The Kier molecular flexibility index (Phi) is 14.1. The molecule has 1 N–H and O–H groups in total. The number of hydrogen-bond donors (Lipinski definition) is 1. The molecule has 2 nitrogen and oxygen atoms in total. The number of anilines is 1. The monoisotopic (exact) mass is 395 g/mol. The van der Waals surface area contributed by atoms with Crippen LogP contribution in [-0.2, 0) is 0 Å². The van der Waals surface area contributed by atoms with Crippen LogP contribution in [-0.4, -0.2) is 5.78 Å². The summed E-state index contributed by atoms with van der Waals surface area (Å²) in [5.41, 5.74) is 3.99. The molecule has 0 unspecified atom stereocenters. The van der Waals surface area contributed by atoms with Crippen LogP contribution in [0.25, 0.3) is 11.1 Å². The second kappa shape index (κ2) is 15.5. The van der Waals surface area contributed by atoms with Crippen molar-refractivity contribution in [1.82, 2.24) is 0 Å². The Morgan fingerprint density at radius 2 is 1.43 bits per heavy atom. The zero-order valence-electron chi connectivity index (χ0n) is 18.0. The fourth-order valence-corrected chi connectivity index (χ4v) is 2.89. The van der Waals surface area contributed by atoms with Crippen LogP contribution in [0.5, 0.6) is 0 Å². The summed E-state index contributed by atoms with van der Waals surface area (Å²) in [5, 5.41) is 0. The quantitative estimate of drug-likeness (QED) is 0.290. The summed E-state index contributed by atoms with van der Waals surface area (Å²) in [6.45, 7) is 15.3. The number of Topliss-reactive ketones (excluding diaryl/α,β-unsaturated/α-hetero) is 1. The van der Waals surface area contributed by atoms with Gasteiger partial charge in [0.05, 0.1) is 0 Å². The number of carbonyl (C=O) groups is 1. The predicted molar refractivity (Wildman–Crippen MR) is 129 cm³/mol. The van der Waals surface area contributed by atoms with Gasteiger partial charge in [-0.3, -0.25) is 4.79 Å². The van der Waals surface area contributed by atoms with Gasteiger partial charge in [0, 0.05) is 16.2 Å². The molecule has 150 valence electrons. The molecule has 2 aromatic rings. The van der Waals surface area contributed by atoms with Gasteiger partial charge in [0.1, 0.15) is 0 Å².